The lowest BCUT2D eigenvalue weighted by Gasteiger charge is -2.07. The normalized spacial score (nSPS) is 10.3. The highest BCUT2D eigenvalue weighted by molar-refractivity contribution is 5.91. The van der Waals surface area contributed by atoms with Crippen molar-refractivity contribution in [2.45, 2.75) is 20.4 Å². The molecule has 0 radical (unpaired) electrons. The lowest BCUT2D eigenvalue weighted by Crippen LogP contribution is -2.29. The van der Waals surface area contributed by atoms with Gasteiger partial charge in [0.15, 0.2) is 0 Å². The lowest BCUT2D eigenvalue weighted by molar-refractivity contribution is 0.0944. The van der Waals surface area contributed by atoms with E-state index in [-0.39, 0.29) is 23.4 Å². The first-order valence-electron chi connectivity index (χ1n) is 6.00. The number of rotatable bonds is 3. The minimum atomic E-state index is -0.458. The van der Waals surface area contributed by atoms with Crippen LogP contribution in [0.1, 0.15) is 27.3 Å². The average molecular weight is 274 g/mol. The van der Waals surface area contributed by atoms with Crippen LogP contribution in [0.5, 0.6) is 0 Å². The van der Waals surface area contributed by atoms with Gasteiger partial charge in [0.25, 0.3) is 17.0 Å². The Balaban J connectivity index is 2.13. The number of nitrogens with zero attached hydrogens (tertiary/aromatic N) is 1. The largest absolute Gasteiger partial charge is 0.346 e. The maximum absolute atomic E-state index is 11.8. The first kappa shape index (κ1) is 13.7. The summed E-state index contributed by atoms with van der Waals surface area (Å²) in [6.07, 6.45) is 0. The third-order valence-corrected chi connectivity index (χ3v) is 2.83. The fourth-order valence-corrected chi connectivity index (χ4v) is 1.83. The average Bonchev–Trinajstić information content (AvgIpc) is 2.38. The van der Waals surface area contributed by atoms with Crippen molar-refractivity contribution in [3.05, 3.63) is 61.4 Å². The van der Waals surface area contributed by atoms with Gasteiger partial charge in [0, 0.05) is 23.9 Å². The second kappa shape index (κ2) is 5.52. The minimum Gasteiger partial charge on any atom is -0.346 e. The van der Waals surface area contributed by atoms with Crippen molar-refractivity contribution in [1.29, 1.82) is 0 Å². The first-order chi connectivity index (χ1) is 9.47. The molecule has 0 saturated heterocycles. The zero-order chi connectivity index (χ0) is 14.7. The number of nitrogens with one attached hydrogen (secondary N) is 3. The summed E-state index contributed by atoms with van der Waals surface area (Å²) in [5, 5.41) is 8.38. The molecule has 0 unspecified atom stereocenters. The van der Waals surface area contributed by atoms with Gasteiger partial charge >= 0.3 is 0 Å². The van der Waals surface area contributed by atoms with E-state index in [1.807, 2.05) is 13.0 Å². The fourth-order valence-electron chi connectivity index (χ4n) is 1.83. The van der Waals surface area contributed by atoms with Crippen molar-refractivity contribution in [3.63, 3.8) is 0 Å². The molecule has 0 aromatic carbocycles. The minimum absolute atomic E-state index is 0.0887. The Labute approximate surface area is 114 Å². The molecule has 104 valence electrons. The molecule has 0 aliphatic rings. The van der Waals surface area contributed by atoms with Crippen LogP contribution in [0.2, 0.25) is 0 Å². The van der Waals surface area contributed by atoms with Crippen molar-refractivity contribution in [2.75, 3.05) is 0 Å². The molecule has 0 fully saturated rings. The van der Waals surface area contributed by atoms with Crippen molar-refractivity contribution in [2.24, 2.45) is 0 Å². The van der Waals surface area contributed by atoms with Gasteiger partial charge < -0.3 is 10.3 Å². The monoisotopic (exact) mass is 274 g/mol. The van der Waals surface area contributed by atoms with Crippen LogP contribution in [-0.2, 0) is 6.54 Å². The van der Waals surface area contributed by atoms with Crippen LogP contribution in [0.4, 0.5) is 0 Å². The number of aryl methyl sites for hydroxylation is 2. The number of aromatic amines is 2. The highest BCUT2D eigenvalue weighted by atomic mass is 16.2. The molecule has 0 saturated carbocycles. The topological polar surface area (TPSA) is 108 Å². The highest BCUT2D eigenvalue weighted by Crippen LogP contribution is 2.03. The molecule has 7 nitrogen and oxygen atoms in total. The van der Waals surface area contributed by atoms with Gasteiger partial charge in [0.1, 0.15) is 5.69 Å². The Morgan fingerprint density at radius 2 is 2.05 bits per heavy atom. The fraction of sp³-hybridized carbons (Fsp3) is 0.231. The molecule has 1 amide bonds. The molecule has 0 bridgehead atoms. The number of hydrogen-bond donors (Lipinski definition) is 3. The number of aromatic nitrogens is 3. The van der Waals surface area contributed by atoms with Crippen molar-refractivity contribution in [3.8, 4) is 0 Å². The van der Waals surface area contributed by atoms with Crippen LogP contribution in [0.15, 0.2) is 27.8 Å². The third-order valence-electron chi connectivity index (χ3n) is 2.83. The molecule has 0 atom stereocenters. The van der Waals surface area contributed by atoms with Crippen LogP contribution >= 0.6 is 0 Å². The van der Waals surface area contributed by atoms with Gasteiger partial charge in [0.05, 0.1) is 0 Å². The van der Waals surface area contributed by atoms with Crippen molar-refractivity contribution >= 4 is 5.91 Å². The summed E-state index contributed by atoms with van der Waals surface area (Å²) >= 11 is 0. The summed E-state index contributed by atoms with van der Waals surface area (Å²) < 4.78 is 0. The molecule has 2 aromatic heterocycles. The molecule has 0 aliphatic heterocycles. The zero-order valence-corrected chi connectivity index (χ0v) is 11.1. The number of carbonyl (C=O) groups is 1. The molecule has 2 heterocycles. The van der Waals surface area contributed by atoms with Crippen molar-refractivity contribution < 1.29 is 4.79 Å². The SMILES string of the molecule is Cc1cc(C)c(CNC(=O)c2ccc(=O)[nH]n2)c(=O)[nH]1. The zero-order valence-electron chi connectivity index (χ0n) is 11.1. The van der Waals surface area contributed by atoms with Crippen LogP contribution in [0, 0.1) is 13.8 Å². The van der Waals surface area contributed by atoms with E-state index in [0.29, 0.717) is 5.56 Å². The smallest absolute Gasteiger partial charge is 0.271 e. The molecule has 2 rings (SSSR count). The molecule has 0 aliphatic carbocycles. The van der Waals surface area contributed by atoms with E-state index < -0.39 is 5.91 Å². The summed E-state index contributed by atoms with van der Waals surface area (Å²) in [6, 6.07) is 4.37. The molecular weight excluding hydrogens is 260 g/mol. The molecule has 20 heavy (non-hydrogen) atoms. The number of carbonyl (C=O) groups excluding carboxylic acids is 1. The predicted molar refractivity (Wildman–Crippen MR) is 72.6 cm³/mol. The Hall–Kier alpha value is -2.70. The van der Waals surface area contributed by atoms with E-state index in [9.17, 15) is 14.4 Å². The van der Waals surface area contributed by atoms with E-state index >= 15 is 0 Å². The summed E-state index contributed by atoms with van der Waals surface area (Å²) in [4.78, 5) is 37.1. The van der Waals surface area contributed by atoms with Gasteiger partial charge in [0.2, 0.25) is 0 Å². The van der Waals surface area contributed by atoms with Crippen LogP contribution in [0.25, 0.3) is 0 Å². The summed E-state index contributed by atoms with van der Waals surface area (Å²) in [7, 11) is 0. The maximum Gasteiger partial charge on any atom is 0.271 e. The predicted octanol–water partition coefficient (Wildman–Crippen LogP) is 0.00504. The summed E-state index contributed by atoms with van der Waals surface area (Å²) in [5.74, 6) is -0.458. The van der Waals surface area contributed by atoms with Crippen LogP contribution < -0.4 is 16.4 Å². The second-order valence-electron chi connectivity index (χ2n) is 4.43. The van der Waals surface area contributed by atoms with Gasteiger partial charge in [-0.05, 0) is 31.5 Å². The van der Waals surface area contributed by atoms with E-state index in [0.717, 1.165) is 11.3 Å². The summed E-state index contributed by atoms with van der Waals surface area (Å²) in [5.41, 5.74) is 1.55. The van der Waals surface area contributed by atoms with Crippen LogP contribution in [0.3, 0.4) is 0 Å². The van der Waals surface area contributed by atoms with Gasteiger partial charge in [-0.15, -0.1) is 0 Å². The summed E-state index contributed by atoms with van der Waals surface area (Å²) in [6.45, 7) is 3.70. The van der Waals surface area contributed by atoms with Gasteiger partial charge in [-0.2, -0.15) is 5.10 Å². The Kier molecular flexibility index (Phi) is 3.79. The third kappa shape index (κ3) is 3.00. The van der Waals surface area contributed by atoms with E-state index in [4.69, 9.17) is 0 Å². The quantitative estimate of drug-likeness (QED) is 0.732. The molecule has 3 N–H and O–H groups in total. The standard InChI is InChI=1S/C13H14N4O3/c1-7-5-8(2)15-12(19)9(7)6-14-13(20)10-3-4-11(18)17-16-10/h3-5H,6H2,1-2H3,(H,14,20)(H,15,19)(H,17,18). The number of hydrogen-bond acceptors (Lipinski definition) is 4. The number of amides is 1. The van der Waals surface area contributed by atoms with E-state index in [1.165, 1.54) is 12.1 Å². The van der Waals surface area contributed by atoms with Gasteiger partial charge in [-0.1, -0.05) is 0 Å². The first-order valence-corrected chi connectivity index (χ1v) is 6.00. The van der Waals surface area contributed by atoms with Crippen molar-refractivity contribution in [1.82, 2.24) is 20.5 Å². The van der Waals surface area contributed by atoms with Crippen LogP contribution in [-0.4, -0.2) is 21.1 Å². The molecule has 0 spiro atoms. The Bertz CT molecular complexity index is 740. The van der Waals surface area contributed by atoms with E-state index in [1.54, 1.807) is 6.92 Å². The molecular formula is C13H14N4O3. The van der Waals surface area contributed by atoms with E-state index in [2.05, 4.69) is 20.5 Å². The Morgan fingerprint density at radius 3 is 2.65 bits per heavy atom. The Morgan fingerprint density at radius 1 is 1.30 bits per heavy atom. The lowest BCUT2D eigenvalue weighted by atomic mass is 10.1. The number of H-pyrrole nitrogens is 2. The second-order valence-corrected chi connectivity index (χ2v) is 4.43. The molecule has 7 heteroatoms. The molecule has 2 aromatic rings. The maximum atomic E-state index is 11.8. The number of pyridine rings is 1. The highest BCUT2D eigenvalue weighted by Gasteiger charge is 2.10. The van der Waals surface area contributed by atoms with Gasteiger partial charge in [-0.3, -0.25) is 14.4 Å². The van der Waals surface area contributed by atoms with Gasteiger partial charge in [-0.25, -0.2) is 5.10 Å².